The van der Waals surface area contributed by atoms with E-state index in [9.17, 15) is 18.4 Å². The molecule has 44 heavy (non-hydrogen) atoms. The zero-order valence-corrected chi connectivity index (χ0v) is 27.3. The van der Waals surface area contributed by atoms with Crippen LogP contribution in [0, 0.1) is 17.6 Å². The summed E-state index contributed by atoms with van der Waals surface area (Å²) < 4.78 is 35.5. The number of benzene rings is 2. The SMILES string of the molecule is CC(C)c1ccc(CC2CCN(C(=O)[C@H]3CC(n4cc(-c5cc(F)c(Br)c(F)c5N)nn4)CN3C(=O)OC(C)(C)C)C2)cc1. The molecule has 0 bridgehead atoms. The summed E-state index contributed by atoms with van der Waals surface area (Å²) in [4.78, 5) is 30.5. The number of carbonyl (C=O) groups is 2. The number of nitrogens with zero attached hydrogens (tertiary/aromatic N) is 5. The highest BCUT2D eigenvalue weighted by atomic mass is 79.9. The molecule has 1 aromatic heterocycles. The second-order valence-corrected chi connectivity index (χ2v) is 13.9. The summed E-state index contributed by atoms with van der Waals surface area (Å²) in [5.74, 6) is -1.07. The highest BCUT2D eigenvalue weighted by Crippen LogP contribution is 2.36. The highest BCUT2D eigenvalue weighted by molar-refractivity contribution is 9.10. The molecular formula is C32H39BrF2N6O3. The summed E-state index contributed by atoms with van der Waals surface area (Å²) >= 11 is 2.86. The van der Waals surface area contributed by atoms with E-state index in [0.717, 1.165) is 18.9 Å². The molecule has 3 atom stereocenters. The lowest BCUT2D eigenvalue weighted by atomic mass is 9.96. The molecule has 9 nitrogen and oxygen atoms in total. The molecule has 0 saturated carbocycles. The van der Waals surface area contributed by atoms with Crippen molar-refractivity contribution in [3.8, 4) is 11.3 Å². The van der Waals surface area contributed by atoms with Crippen molar-refractivity contribution in [3.05, 3.63) is 63.8 Å². The number of likely N-dealkylation sites (tertiary alicyclic amines) is 2. The van der Waals surface area contributed by atoms with E-state index in [0.29, 0.717) is 24.9 Å². The van der Waals surface area contributed by atoms with Crippen LogP contribution in [0.2, 0.25) is 0 Å². The summed E-state index contributed by atoms with van der Waals surface area (Å²) in [6, 6.07) is 8.60. The summed E-state index contributed by atoms with van der Waals surface area (Å²) in [6.07, 6.45) is 3.00. The monoisotopic (exact) mass is 672 g/mol. The van der Waals surface area contributed by atoms with Crippen molar-refractivity contribution in [3.63, 3.8) is 0 Å². The molecule has 236 valence electrons. The number of amides is 2. The molecule has 0 aliphatic carbocycles. The minimum atomic E-state index is -0.923. The van der Waals surface area contributed by atoms with E-state index >= 15 is 0 Å². The maximum absolute atomic E-state index is 14.4. The van der Waals surface area contributed by atoms with Crippen LogP contribution in [0.1, 0.15) is 70.5 Å². The Hall–Kier alpha value is -3.54. The van der Waals surface area contributed by atoms with E-state index in [2.05, 4.69) is 64.4 Å². The Kier molecular flexibility index (Phi) is 9.02. The summed E-state index contributed by atoms with van der Waals surface area (Å²) in [5, 5.41) is 8.28. The van der Waals surface area contributed by atoms with E-state index < -0.39 is 35.4 Å². The average Bonchev–Trinajstić information content (AvgIpc) is 3.73. The smallest absolute Gasteiger partial charge is 0.411 e. The van der Waals surface area contributed by atoms with E-state index in [1.807, 2.05) is 4.90 Å². The number of ether oxygens (including phenoxy) is 1. The fourth-order valence-electron chi connectivity index (χ4n) is 5.94. The minimum Gasteiger partial charge on any atom is -0.444 e. The van der Waals surface area contributed by atoms with Crippen molar-refractivity contribution in [2.24, 2.45) is 5.92 Å². The predicted octanol–water partition coefficient (Wildman–Crippen LogP) is 6.33. The Balaban J connectivity index is 1.33. The zero-order chi connectivity index (χ0) is 31.9. The standard InChI is InChI=1S/C32H39BrF2N6O3/c1-18(2)21-8-6-19(7-9-21)12-20-10-11-39(15-20)30(42)26-13-22(16-40(26)31(43)44-32(3,4)5)41-17-25(37-38-41)23-14-24(34)27(33)28(35)29(23)36/h6-9,14,17-18,20,22,26H,10-13,15-16,36H2,1-5H3/t20?,22?,26-/m1/s1. The van der Waals surface area contributed by atoms with Crippen molar-refractivity contribution < 1.29 is 23.1 Å². The van der Waals surface area contributed by atoms with Gasteiger partial charge in [-0.25, -0.2) is 18.3 Å². The number of rotatable bonds is 6. The van der Waals surface area contributed by atoms with Crippen LogP contribution in [0.5, 0.6) is 0 Å². The number of carbonyl (C=O) groups excluding carboxylic acids is 2. The molecule has 3 aromatic rings. The summed E-state index contributed by atoms with van der Waals surface area (Å²) in [6.45, 7) is 11.1. The van der Waals surface area contributed by atoms with Gasteiger partial charge in [-0.1, -0.05) is 43.3 Å². The van der Waals surface area contributed by atoms with Crippen LogP contribution >= 0.6 is 15.9 Å². The number of hydrogen-bond donors (Lipinski definition) is 1. The van der Waals surface area contributed by atoms with Gasteiger partial charge < -0.3 is 15.4 Å². The van der Waals surface area contributed by atoms with Crippen LogP contribution in [0.25, 0.3) is 11.3 Å². The summed E-state index contributed by atoms with van der Waals surface area (Å²) in [5.41, 5.74) is 7.68. The Morgan fingerprint density at radius 3 is 2.52 bits per heavy atom. The molecule has 3 heterocycles. The molecule has 2 aromatic carbocycles. The molecule has 2 fully saturated rings. The lowest BCUT2D eigenvalue weighted by Crippen LogP contribution is -2.48. The average molecular weight is 674 g/mol. The molecule has 2 aliphatic heterocycles. The van der Waals surface area contributed by atoms with E-state index in [4.69, 9.17) is 10.5 Å². The number of anilines is 1. The van der Waals surface area contributed by atoms with Crippen molar-refractivity contribution in [1.82, 2.24) is 24.8 Å². The Bertz CT molecular complexity index is 1540. The number of nitrogens with two attached hydrogens (primary N) is 1. The Morgan fingerprint density at radius 2 is 1.86 bits per heavy atom. The van der Waals surface area contributed by atoms with Gasteiger partial charge in [-0.05, 0) is 78.6 Å². The molecule has 5 rings (SSSR count). The lowest BCUT2D eigenvalue weighted by Gasteiger charge is -2.30. The van der Waals surface area contributed by atoms with Gasteiger partial charge in [0.05, 0.1) is 22.4 Å². The number of nitrogen functional groups attached to an aromatic ring is 1. The predicted molar refractivity (Wildman–Crippen MR) is 167 cm³/mol. The van der Waals surface area contributed by atoms with Crippen LogP contribution in [-0.2, 0) is 16.0 Å². The highest BCUT2D eigenvalue weighted by Gasteiger charge is 2.45. The van der Waals surface area contributed by atoms with E-state index in [1.165, 1.54) is 26.9 Å². The maximum atomic E-state index is 14.4. The van der Waals surface area contributed by atoms with Gasteiger partial charge in [-0.15, -0.1) is 5.10 Å². The lowest BCUT2D eigenvalue weighted by molar-refractivity contribution is -0.135. The molecule has 12 heteroatoms. The first kappa shape index (κ1) is 31.9. The van der Waals surface area contributed by atoms with Gasteiger partial charge in [0.1, 0.15) is 23.2 Å². The van der Waals surface area contributed by atoms with Crippen molar-refractivity contribution in [2.45, 2.75) is 77.5 Å². The molecule has 0 spiro atoms. The second kappa shape index (κ2) is 12.5. The van der Waals surface area contributed by atoms with Gasteiger partial charge in [0.2, 0.25) is 5.91 Å². The van der Waals surface area contributed by atoms with Crippen molar-refractivity contribution in [1.29, 1.82) is 0 Å². The van der Waals surface area contributed by atoms with Crippen LogP contribution in [-0.4, -0.2) is 68.1 Å². The first-order valence-corrected chi connectivity index (χ1v) is 15.7. The first-order valence-electron chi connectivity index (χ1n) is 14.9. The summed E-state index contributed by atoms with van der Waals surface area (Å²) in [7, 11) is 0. The minimum absolute atomic E-state index is 0.0611. The van der Waals surface area contributed by atoms with Crippen molar-refractivity contribution in [2.75, 3.05) is 25.4 Å². The molecule has 2 saturated heterocycles. The molecule has 0 radical (unpaired) electrons. The number of halogens is 3. The number of hydrogen-bond acceptors (Lipinski definition) is 6. The van der Waals surface area contributed by atoms with E-state index in [1.54, 1.807) is 20.8 Å². The van der Waals surface area contributed by atoms with Gasteiger partial charge in [0.15, 0.2) is 5.82 Å². The van der Waals surface area contributed by atoms with Crippen LogP contribution in [0.4, 0.5) is 19.3 Å². The normalized spacial score (nSPS) is 20.5. The molecule has 2 amide bonds. The van der Waals surface area contributed by atoms with Gasteiger partial charge in [0.25, 0.3) is 0 Å². The van der Waals surface area contributed by atoms with Gasteiger partial charge >= 0.3 is 6.09 Å². The maximum Gasteiger partial charge on any atom is 0.411 e. The van der Waals surface area contributed by atoms with Crippen molar-refractivity contribution >= 4 is 33.6 Å². The quantitative estimate of drug-likeness (QED) is 0.242. The largest absolute Gasteiger partial charge is 0.444 e. The second-order valence-electron chi connectivity index (χ2n) is 13.1. The number of aromatic nitrogens is 3. The third kappa shape index (κ3) is 6.74. The van der Waals surface area contributed by atoms with Crippen LogP contribution in [0.15, 0.2) is 41.0 Å². The Morgan fingerprint density at radius 1 is 1.16 bits per heavy atom. The van der Waals surface area contributed by atoms with Crippen LogP contribution < -0.4 is 5.73 Å². The Labute approximate surface area is 264 Å². The molecule has 2 aliphatic rings. The van der Waals surface area contributed by atoms with E-state index in [-0.39, 0.29) is 40.3 Å². The first-order chi connectivity index (χ1) is 20.7. The third-order valence-corrected chi connectivity index (χ3v) is 9.05. The van der Waals surface area contributed by atoms with Gasteiger partial charge in [0, 0.05) is 31.6 Å². The topological polar surface area (TPSA) is 107 Å². The third-order valence-electron chi connectivity index (χ3n) is 8.32. The molecular weight excluding hydrogens is 634 g/mol. The zero-order valence-electron chi connectivity index (χ0n) is 25.7. The molecule has 2 N–H and O–H groups in total. The van der Waals surface area contributed by atoms with Gasteiger partial charge in [-0.2, -0.15) is 0 Å². The van der Waals surface area contributed by atoms with Gasteiger partial charge in [-0.3, -0.25) is 9.69 Å². The molecule has 2 unspecified atom stereocenters. The van der Waals surface area contributed by atoms with Crippen LogP contribution in [0.3, 0.4) is 0 Å². The fraction of sp³-hybridized carbons (Fsp3) is 0.500. The fourth-order valence-corrected chi connectivity index (χ4v) is 6.27.